The first kappa shape index (κ1) is 24.2. The van der Waals surface area contributed by atoms with Crippen molar-refractivity contribution in [1.82, 2.24) is 9.99 Å². The lowest BCUT2D eigenvalue weighted by atomic mass is 10.1. The average molecular weight is 533 g/mol. The maximum atomic E-state index is 13.3. The van der Waals surface area contributed by atoms with E-state index in [1.54, 1.807) is 25.1 Å². The van der Waals surface area contributed by atoms with Gasteiger partial charge in [-0.15, -0.1) is 0 Å². The summed E-state index contributed by atoms with van der Waals surface area (Å²) in [7, 11) is 0. The summed E-state index contributed by atoms with van der Waals surface area (Å²) in [5.41, 5.74) is 6.78. The number of amides is 3. The number of fused-ring (bicyclic) bond motifs is 1. The Hall–Kier alpha value is -3.91. The second-order valence-electron chi connectivity index (χ2n) is 8.34. The molecule has 0 bridgehead atoms. The standard InChI is InChI=1S/C27H25BrN4O3/c1-16-8-7-9-17(2)24(16)30-25(33)23-15-20-14-21(28)12-13-22(20)32(23)31-27(35)26(34)29-18(3)19-10-5-4-6-11-19/h4-15,18H,1-3H3,(H,29,34)(H,30,33)(H,31,35)/t18-/m0/s1. The van der Waals surface area contributed by atoms with Gasteiger partial charge in [-0.05, 0) is 61.7 Å². The van der Waals surface area contributed by atoms with E-state index >= 15 is 0 Å². The van der Waals surface area contributed by atoms with Gasteiger partial charge in [0, 0.05) is 15.5 Å². The number of hydrogen-bond acceptors (Lipinski definition) is 3. The van der Waals surface area contributed by atoms with Gasteiger partial charge in [0.05, 0.1) is 11.6 Å². The van der Waals surface area contributed by atoms with E-state index in [0.717, 1.165) is 26.5 Å². The molecule has 1 atom stereocenters. The number of para-hydroxylation sites is 1. The quantitative estimate of drug-likeness (QED) is 0.307. The second kappa shape index (κ2) is 10.1. The molecule has 7 nitrogen and oxygen atoms in total. The van der Waals surface area contributed by atoms with Crippen LogP contribution < -0.4 is 16.1 Å². The number of carbonyl (C=O) groups is 3. The van der Waals surface area contributed by atoms with Crippen LogP contribution in [0.15, 0.2) is 77.3 Å². The van der Waals surface area contributed by atoms with Gasteiger partial charge in [-0.2, -0.15) is 0 Å². The lowest BCUT2D eigenvalue weighted by molar-refractivity contribution is -0.137. The Labute approximate surface area is 211 Å². The molecule has 1 heterocycles. The largest absolute Gasteiger partial charge is 0.341 e. The molecule has 35 heavy (non-hydrogen) atoms. The van der Waals surface area contributed by atoms with Crippen LogP contribution in [0, 0.1) is 13.8 Å². The smallest absolute Gasteiger partial charge is 0.328 e. The molecule has 4 aromatic rings. The van der Waals surface area contributed by atoms with Crippen LogP contribution in [0.4, 0.5) is 5.69 Å². The maximum absolute atomic E-state index is 13.3. The van der Waals surface area contributed by atoms with Crippen LogP contribution in [0.1, 0.15) is 40.1 Å². The highest BCUT2D eigenvalue weighted by Gasteiger charge is 2.23. The number of nitrogens with one attached hydrogen (secondary N) is 3. The summed E-state index contributed by atoms with van der Waals surface area (Å²) in [6.45, 7) is 5.62. The molecule has 178 valence electrons. The molecule has 0 saturated heterocycles. The van der Waals surface area contributed by atoms with Crippen molar-refractivity contribution in [1.29, 1.82) is 0 Å². The average Bonchev–Trinajstić information content (AvgIpc) is 3.19. The topological polar surface area (TPSA) is 92.2 Å². The molecule has 8 heteroatoms. The highest BCUT2D eigenvalue weighted by atomic mass is 79.9. The summed E-state index contributed by atoms with van der Waals surface area (Å²) in [5.74, 6) is -2.09. The van der Waals surface area contributed by atoms with Gasteiger partial charge in [0.2, 0.25) is 0 Å². The summed E-state index contributed by atoms with van der Waals surface area (Å²) in [6, 6.07) is 21.8. The third-order valence-electron chi connectivity index (χ3n) is 5.78. The van der Waals surface area contributed by atoms with Crippen LogP contribution in [-0.4, -0.2) is 22.4 Å². The van der Waals surface area contributed by atoms with Crippen LogP contribution in [-0.2, 0) is 9.59 Å². The van der Waals surface area contributed by atoms with Crippen molar-refractivity contribution < 1.29 is 14.4 Å². The number of halogens is 1. The number of hydrogen-bond donors (Lipinski definition) is 3. The molecule has 3 N–H and O–H groups in total. The van der Waals surface area contributed by atoms with E-state index in [1.807, 2.05) is 68.4 Å². The van der Waals surface area contributed by atoms with Gasteiger partial charge in [0.15, 0.2) is 0 Å². The molecule has 0 spiro atoms. The predicted octanol–water partition coefficient (Wildman–Crippen LogP) is 5.22. The van der Waals surface area contributed by atoms with Gasteiger partial charge in [0.1, 0.15) is 5.69 Å². The Balaban J connectivity index is 1.62. The van der Waals surface area contributed by atoms with E-state index in [9.17, 15) is 14.4 Å². The van der Waals surface area contributed by atoms with E-state index in [1.165, 1.54) is 4.68 Å². The van der Waals surface area contributed by atoms with Crippen LogP contribution in [0.2, 0.25) is 0 Å². The molecule has 0 aliphatic heterocycles. The summed E-state index contributed by atoms with van der Waals surface area (Å²) in [6.07, 6.45) is 0. The number of anilines is 1. The number of aryl methyl sites for hydroxylation is 2. The fourth-order valence-corrected chi connectivity index (χ4v) is 4.28. The van der Waals surface area contributed by atoms with Gasteiger partial charge >= 0.3 is 11.8 Å². The predicted molar refractivity (Wildman–Crippen MR) is 141 cm³/mol. The van der Waals surface area contributed by atoms with Crippen molar-refractivity contribution in [3.05, 3.63) is 99.7 Å². The first-order chi connectivity index (χ1) is 16.7. The van der Waals surface area contributed by atoms with Crippen LogP contribution in [0.25, 0.3) is 10.9 Å². The second-order valence-corrected chi connectivity index (χ2v) is 9.25. The number of rotatable bonds is 5. The lowest BCUT2D eigenvalue weighted by Crippen LogP contribution is -2.40. The summed E-state index contributed by atoms with van der Waals surface area (Å²) in [4.78, 5) is 38.8. The van der Waals surface area contributed by atoms with Crippen LogP contribution in [0.3, 0.4) is 0 Å². The Kier molecular flexibility index (Phi) is 7.02. The Bertz CT molecular complexity index is 1410. The molecule has 0 aliphatic carbocycles. The highest BCUT2D eigenvalue weighted by molar-refractivity contribution is 9.10. The molecule has 0 saturated carbocycles. The van der Waals surface area contributed by atoms with E-state index < -0.39 is 17.7 Å². The number of nitrogens with zero attached hydrogens (tertiary/aromatic N) is 1. The minimum absolute atomic E-state index is 0.193. The van der Waals surface area contributed by atoms with E-state index in [2.05, 4.69) is 32.0 Å². The zero-order valence-corrected chi connectivity index (χ0v) is 21.1. The highest BCUT2D eigenvalue weighted by Crippen LogP contribution is 2.25. The fraction of sp³-hybridized carbons (Fsp3) is 0.148. The van der Waals surface area contributed by atoms with Gasteiger partial charge in [-0.25, -0.2) is 4.68 Å². The van der Waals surface area contributed by atoms with E-state index in [4.69, 9.17) is 0 Å². The van der Waals surface area contributed by atoms with Crippen molar-refractivity contribution in [3.63, 3.8) is 0 Å². The van der Waals surface area contributed by atoms with E-state index in [-0.39, 0.29) is 11.7 Å². The minimum atomic E-state index is -0.880. The SMILES string of the molecule is Cc1cccc(C)c1NC(=O)c1cc2cc(Br)ccc2n1NC(=O)C(=O)N[C@@H](C)c1ccccc1. The summed E-state index contributed by atoms with van der Waals surface area (Å²) >= 11 is 3.44. The minimum Gasteiger partial charge on any atom is -0.341 e. The molecule has 0 unspecified atom stereocenters. The molecule has 1 aromatic heterocycles. The molecular weight excluding hydrogens is 508 g/mol. The lowest BCUT2D eigenvalue weighted by Gasteiger charge is -2.16. The van der Waals surface area contributed by atoms with Crippen LogP contribution in [0.5, 0.6) is 0 Å². The van der Waals surface area contributed by atoms with Crippen molar-refractivity contribution in [2.75, 3.05) is 10.7 Å². The monoisotopic (exact) mass is 532 g/mol. The van der Waals surface area contributed by atoms with Gasteiger partial charge in [0.25, 0.3) is 5.91 Å². The Morgan fingerprint density at radius 3 is 2.23 bits per heavy atom. The Morgan fingerprint density at radius 2 is 1.54 bits per heavy atom. The van der Waals surface area contributed by atoms with Crippen molar-refractivity contribution >= 4 is 50.2 Å². The third-order valence-corrected chi connectivity index (χ3v) is 6.28. The number of benzene rings is 3. The maximum Gasteiger partial charge on any atom is 0.328 e. The molecular formula is C27H25BrN4O3. The zero-order chi connectivity index (χ0) is 25.1. The third kappa shape index (κ3) is 5.27. The van der Waals surface area contributed by atoms with Crippen molar-refractivity contribution in [3.8, 4) is 0 Å². The van der Waals surface area contributed by atoms with Crippen LogP contribution >= 0.6 is 15.9 Å². The molecule has 0 radical (unpaired) electrons. The summed E-state index contributed by atoms with van der Waals surface area (Å²) in [5, 5.41) is 6.37. The first-order valence-electron chi connectivity index (χ1n) is 11.1. The first-order valence-corrected chi connectivity index (χ1v) is 11.9. The Morgan fingerprint density at radius 1 is 0.857 bits per heavy atom. The molecule has 0 fully saturated rings. The van der Waals surface area contributed by atoms with Gasteiger partial charge in [-0.3, -0.25) is 19.8 Å². The zero-order valence-electron chi connectivity index (χ0n) is 19.6. The van der Waals surface area contributed by atoms with E-state index in [0.29, 0.717) is 11.2 Å². The summed E-state index contributed by atoms with van der Waals surface area (Å²) < 4.78 is 2.17. The van der Waals surface area contributed by atoms with Gasteiger partial charge in [-0.1, -0.05) is 64.5 Å². The molecule has 3 aromatic carbocycles. The van der Waals surface area contributed by atoms with Crippen molar-refractivity contribution in [2.45, 2.75) is 26.8 Å². The molecule has 0 aliphatic rings. The molecule has 3 amide bonds. The molecule has 4 rings (SSSR count). The normalized spacial score (nSPS) is 11.7. The number of carbonyl (C=O) groups excluding carboxylic acids is 3. The number of aromatic nitrogens is 1. The van der Waals surface area contributed by atoms with Crippen molar-refractivity contribution in [2.24, 2.45) is 0 Å². The fourth-order valence-electron chi connectivity index (χ4n) is 3.90. The van der Waals surface area contributed by atoms with Gasteiger partial charge < -0.3 is 10.6 Å².